The predicted octanol–water partition coefficient (Wildman–Crippen LogP) is 1.56. The lowest BCUT2D eigenvalue weighted by molar-refractivity contribution is 0.109. The largest absolute Gasteiger partial charge is 0.457 e. The van der Waals surface area contributed by atoms with Crippen molar-refractivity contribution in [2.24, 2.45) is 5.92 Å². The Morgan fingerprint density at radius 1 is 1.62 bits per heavy atom. The average molecular weight is 223 g/mol. The molecule has 1 aliphatic heterocycles. The maximum absolute atomic E-state index is 10.5. The minimum Gasteiger partial charge on any atom is -0.457 e. The molecule has 0 radical (unpaired) electrons. The Bertz CT molecular complexity index is 348. The van der Waals surface area contributed by atoms with Gasteiger partial charge in [-0.2, -0.15) is 0 Å². The number of methoxy groups -OCH3 is 1. The first-order valence-corrected chi connectivity index (χ1v) is 5.57. The van der Waals surface area contributed by atoms with Crippen LogP contribution in [0.2, 0.25) is 0 Å². The van der Waals surface area contributed by atoms with Gasteiger partial charge in [0.15, 0.2) is 12.0 Å². The van der Waals surface area contributed by atoms with Gasteiger partial charge in [-0.05, 0) is 31.0 Å². The quantitative estimate of drug-likeness (QED) is 0.710. The van der Waals surface area contributed by atoms with Gasteiger partial charge in [-0.1, -0.05) is 0 Å². The first kappa shape index (κ1) is 11.4. The molecule has 0 aromatic carbocycles. The summed E-state index contributed by atoms with van der Waals surface area (Å²) in [7, 11) is 1.74. The molecule has 0 bridgehead atoms. The van der Waals surface area contributed by atoms with Crippen LogP contribution in [0.1, 0.15) is 22.7 Å². The van der Waals surface area contributed by atoms with Crippen LogP contribution in [0.5, 0.6) is 0 Å². The monoisotopic (exact) mass is 223 g/mol. The van der Waals surface area contributed by atoms with E-state index in [1.165, 1.54) is 6.42 Å². The van der Waals surface area contributed by atoms with Crippen molar-refractivity contribution in [1.82, 2.24) is 4.90 Å². The average Bonchev–Trinajstić information content (AvgIpc) is 2.89. The fourth-order valence-electron chi connectivity index (χ4n) is 2.19. The van der Waals surface area contributed by atoms with E-state index in [-0.39, 0.29) is 0 Å². The van der Waals surface area contributed by atoms with Crippen LogP contribution in [0.3, 0.4) is 0 Å². The lowest BCUT2D eigenvalue weighted by atomic mass is 10.1. The molecule has 1 saturated heterocycles. The maximum Gasteiger partial charge on any atom is 0.185 e. The van der Waals surface area contributed by atoms with E-state index in [0.717, 1.165) is 38.3 Å². The highest BCUT2D eigenvalue weighted by Crippen LogP contribution is 2.19. The van der Waals surface area contributed by atoms with E-state index < -0.39 is 0 Å². The van der Waals surface area contributed by atoms with Gasteiger partial charge in [0.05, 0.1) is 13.2 Å². The van der Waals surface area contributed by atoms with Gasteiger partial charge in [-0.3, -0.25) is 9.69 Å². The summed E-state index contributed by atoms with van der Waals surface area (Å²) in [5, 5.41) is 0. The Hall–Kier alpha value is -1.13. The molecule has 4 nitrogen and oxygen atoms in total. The van der Waals surface area contributed by atoms with Crippen LogP contribution in [0, 0.1) is 5.92 Å². The van der Waals surface area contributed by atoms with Gasteiger partial charge in [0.2, 0.25) is 0 Å². The zero-order valence-electron chi connectivity index (χ0n) is 9.52. The normalized spacial score (nSPS) is 21.4. The van der Waals surface area contributed by atoms with Gasteiger partial charge in [0, 0.05) is 13.7 Å². The Morgan fingerprint density at radius 3 is 3.19 bits per heavy atom. The van der Waals surface area contributed by atoms with E-state index in [4.69, 9.17) is 9.15 Å². The van der Waals surface area contributed by atoms with Crippen LogP contribution in [-0.4, -0.2) is 38.0 Å². The number of aldehydes is 1. The number of carbonyl (C=O) groups excluding carboxylic acids is 1. The van der Waals surface area contributed by atoms with Gasteiger partial charge in [0.1, 0.15) is 5.76 Å². The molecule has 4 heteroatoms. The molecule has 0 N–H and O–H groups in total. The van der Waals surface area contributed by atoms with Crippen LogP contribution >= 0.6 is 0 Å². The van der Waals surface area contributed by atoms with Gasteiger partial charge in [-0.25, -0.2) is 0 Å². The van der Waals surface area contributed by atoms with Crippen LogP contribution < -0.4 is 0 Å². The molecule has 2 rings (SSSR count). The van der Waals surface area contributed by atoms with Gasteiger partial charge in [-0.15, -0.1) is 0 Å². The number of hydrogen-bond donors (Lipinski definition) is 0. The second kappa shape index (κ2) is 5.27. The Labute approximate surface area is 95.2 Å². The molecule has 1 aromatic rings. The minimum atomic E-state index is 0.405. The fraction of sp³-hybridized carbons (Fsp3) is 0.583. The van der Waals surface area contributed by atoms with E-state index in [9.17, 15) is 4.79 Å². The summed E-state index contributed by atoms with van der Waals surface area (Å²) in [5.74, 6) is 1.90. The molecular weight excluding hydrogens is 206 g/mol. The topological polar surface area (TPSA) is 42.7 Å². The van der Waals surface area contributed by atoms with Gasteiger partial charge < -0.3 is 9.15 Å². The first-order valence-electron chi connectivity index (χ1n) is 5.57. The van der Waals surface area contributed by atoms with Gasteiger partial charge in [0.25, 0.3) is 0 Å². The number of ether oxygens (including phenoxy) is 1. The minimum absolute atomic E-state index is 0.405. The lowest BCUT2D eigenvalue weighted by Gasteiger charge is -2.13. The van der Waals surface area contributed by atoms with E-state index in [2.05, 4.69) is 4.90 Å². The molecule has 16 heavy (non-hydrogen) atoms. The summed E-state index contributed by atoms with van der Waals surface area (Å²) >= 11 is 0. The van der Waals surface area contributed by atoms with Crippen LogP contribution in [0.15, 0.2) is 16.5 Å². The van der Waals surface area contributed by atoms with Crippen molar-refractivity contribution in [1.29, 1.82) is 0 Å². The highest BCUT2D eigenvalue weighted by molar-refractivity contribution is 5.70. The van der Waals surface area contributed by atoms with E-state index >= 15 is 0 Å². The molecule has 0 amide bonds. The molecule has 2 heterocycles. The number of rotatable bonds is 5. The summed E-state index contributed by atoms with van der Waals surface area (Å²) in [6.45, 7) is 3.73. The summed E-state index contributed by atoms with van der Waals surface area (Å²) in [5.41, 5.74) is 0. The third-order valence-corrected chi connectivity index (χ3v) is 2.95. The SMILES string of the molecule is COCC1CCN(Cc2ccc(C=O)o2)C1. The maximum atomic E-state index is 10.5. The highest BCUT2D eigenvalue weighted by atomic mass is 16.5. The molecule has 1 atom stereocenters. The smallest absolute Gasteiger partial charge is 0.185 e. The zero-order valence-corrected chi connectivity index (χ0v) is 9.52. The molecule has 0 aliphatic carbocycles. The zero-order chi connectivity index (χ0) is 11.4. The highest BCUT2D eigenvalue weighted by Gasteiger charge is 2.22. The Morgan fingerprint density at radius 2 is 2.50 bits per heavy atom. The predicted molar refractivity (Wildman–Crippen MR) is 59.4 cm³/mol. The van der Waals surface area contributed by atoms with Crippen molar-refractivity contribution in [3.63, 3.8) is 0 Å². The second-order valence-corrected chi connectivity index (χ2v) is 4.27. The molecule has 0 spiro atoms. The van der Waals surface area contributed by atoms with Crippen molar-refractivity contribution in [2.45, 2.75) is 13.0 Å². The standard InChI is InChI=1S/C12H17NO3/c1-15-9-10-4-5-13(6-10)7-11-2-3-12(8-14)16-11/h2-3,8,10H,4-7,9H2,1H3. The summed E-state index contributed by atoms with van der Waals surface area (Å²) in [6, 6.07) is 3.58. The third-order valence-electron chi connectivity index (χ3n) is 2.95. The van der Waals surface area contributed by atoms with E-state index in [1.807, 2.05) is 6.07 Å². The summed E-state index contributed by atoms with van der Waals surface area (Å²) in [4.78, 5) is 12.8. The second-order valence-electron chi connectivity index (χ2n) is 4.27. The summed E-state index contributed by atoms with van der Waals surface area (Å²) in [6.07, 6.45) is 1.91. The first-order chi connectivity index (χ1) is 7.81. The van der Waals surface area contributed by atoms with Gasteiger partial charge >= 0.3 is 0 Å². The molecule has 1 aliphatic rings. The molecule has 1 aromatic heterocycles. The number of nitrogens with zero attached hydrogens (tertiary/aromatic N) is 1. The van der Waals surface area contributed by atoms with E-state index in [0.29, 0.717) is 11.7 Å². The summed E-state index contributed by atoms with van der Waals surface area (Å²) < 4.78 is 10.5. The lowest BCUT2D eigenvalue weighted by Crippen LogP contribution is -2.21. The van der Waals surface area contributed by atoms with Crippen molar-refractivity contribution in [3.05, 3.63) is 23.7 Å². The number of carbonyl (C=O) groups is 1. The van der Waals surface area contributed by atoms with Crippen molar-refractivity contribution in [3.8, 4) is 0 Å². The van der Waals surface area contributed by atoms with Crippen LogP contribution in [0.25, 0.3) is 0 Å². The number of likely N-dealkylation sites (tertiary alicyclic amines) is 1. The number of hydrogen-bond acceptors (Lipinski definition) is 4. The van der Waals surface area contributed by atoms with Crippen LogP contribution in [-0.2, 0) is 11.3 Å². The van der Waals surface area contributed by atoms with Crippen LogP contribution in [0.4, 0.5) is 0 Å². The molecule has 0 saturated carbocycles. The number of furan rings is 1. The molecule has 88 valence electrons. The van der Waals surface area contributed by atoms with Crippen molar-refractivity contribution < 1.29 is 13.9 Å². The Kier molecular flexibility index (Phi) is 3.74. The third kappa shape index (κ3) is 2.71. The van der Waals surface area contributed by atoms with Crippen molar-refractivity contribution in [2.75, 3.05) is 26.8 Å². The van der Waals surface area contributed by atoms with Crippen molar-refractivity contribution >= 4 is 6.29 Å². The van der Waals surface area contributed by atoms with E-state index in [1.54, 1.807) is 13.2 Å². The fourth-order valence-corrected chi connectivity index (χ4v) is 2.19. The molecule has 1 unspecified atom stereocenters. The molecular formula is C12H17NO3. The molecule has 1 fully saturated rings. The Balaban J connectivity index is 1.84.